The van der Waals surface area contributed by atoms with Crippen molar-refractivity contribution in [2.75, 3.05) is 26.1 Å². The van der Waals surface area contributed by atoms with E-state index in [0.29, 0.717) is 30.8 Å². The summed E-state index contributed by atoms with van der Waals surface area (Å²) in [6.07, 6.45) is 11.0. The first-order valence-electron chi connectivity index (χ1n) is 15.6. The molecule has 0 radical (unpaired) electrons. The minimum absolute atomic E-state index is 0.0656. The highest BCUT2D eigenvalue weighted by Gasteiger charge is 2.46. The Morgan fingerprint density at radius 2 is 1.73 bits per heavy atom. The first-order chi connectivity index (χ1) is 22.1. The molecular formula is C33H35N9O3. The molecule has 3 fully saturated rings. The lowest BCUT2D eigenvalue weighted by atomic mass is 9.85. The molecule has 4 aromatic heterocycles. The second-order valence-corrected chi connectivity index (χ2v) is 12.3. The van der Waals surface area contributed by atoms with E-state index in [1.807, 2.05) is 47.6 Å². The first kappa shape index (κ1) is 27.7. The minimum atomic E-state index is -0.0656. The van der Waals surface area contributed by atoms with Gasteiger partial charge < -0.3 is 20.1 Å². The van der Waals surface area contributed by atoms with Crippen LogP contribution in [0.1, 0.15) is 72.2 Å². The lowest BCUT2D eigenvalue weighted by Gasteiger charge is -2.39. The van der Waals surface area contributed by atoms with Crippen LogP contribution in [0.4, 0.5) is 5.82 Å². The third-order valence-corrected chi connectivity index (χ3v) is 9.49. The number of nitrogens with zero attached hydrogens (tertiary/aromatic N) is 7. The first-order valence-corrected chi connectivity index (χ1v) is 15.6. The van der Waals surface area contributed by atoms with Crippen molar-refractivity contribution in [2.45, 2.75) is 62.4 Å². The maximum Gasteiger partial charge on any atom is 0.291 e. The Morgan fingerprint density at radius 1 is 0.956 bits per heavy atom. The van der Waals surface area contributed by atoms with Gasteiger partial charge in [0.25, 0.3) is 5.91 Å². The van der Waals surface area contributed by atoms with Crippen LogP contribution in [0, 0.1) is 0 Å². The van der Waals surface area contributed by atoms with Crippen LogP contribution in [-0.4, -0.2) is 78.0 Å². The standard InChI is InChI=1S/C33H35N9O3/c1-44-12-13-45-25-9-4-19(5-10-25)27-11-6-21(16-35-27)26-17-38-42-30(34)28(20-2-3-20)29(39-32(26)42)22-14-23-7-8-24(15-22)41(23)33(43)31-36-18-37-40-31/h4-6,9-11,16-18,20,22-24H,2-3,7-8,12-15,34H2,1H3,(H,36,37,40). The van der Waals surface area contributed by atoms with E-state index in [2.05, 4.69) is 26.3 Å². The fraction of sp³-hybridized carbons (Fsp3) is 0.394. The lowest BCUT2D eigenvalue weighted by molar-refractivity contribution is 0.0557. The maximum absolute atomic E-state index is 13.3. The van der Waals surface area contributed by atoms with Gasteiger partial charge in [0, 0.05) is 53.6 Å². The summed E-state index contributed by atoms with van der Waals surface area (Å²) >= 11 is 0. The summed E-state index contributed by atoms with van der Waals surface area (Å²) in [5, 5.41) is 11.3. The van der Waals surface area contributed by atoms with Crippen molar-refractivity contribution in [3.05, 3.63) is 72.2 Å². The molecule has 12 heteroatoms. The molecule has 230 valence electrons. The van der Waals surface area contributed by atoms with Crippen LogP contribution in [0.3, 0.4) is 0 Å². The number of ether oxygens (including phenoxy) is 2. The normalized spacial score (nSPS) is 21.0. The molecule has 1 amide bonds. The number of aromatic amines is 1. The third kappa shape index (κ3) is 4.98. The Bertz CT molecular complexity index is 1820. The van der Waals surface area contributed by atoms with Crippen molar-refractivity contribution >= 4 is 17.4 Å². The van der Waals surface area contributed by atoms with Gasteiger partial charge in [-0.25, -0.2) is 9.97 Å². The second-order valence-electron chi connectivity index (χ2n) is 12.3. The van der Waals surface area contributed by atoms with E-state index in [0.717, 1.165) is 83.6 Å². The Labute approximate surface area is 260 Å². The number of H-pyrrole nitrogens is 1. The summed E-state index contributed by atoms with van der Waals surface area (Å²) in [4.78, 5) is 29.5. The number of anilines is 1. The zero-order valence-corrected chi connectivity index (χ0v) is 25.1. The molecule has 2 aliphatic heterocycles. The van der Waals surface area contributed by atoms with Gasteiger partial charge in [-0.15, -0.1) is 0 Å². The van der Waals surface area contributed by atoms with Gasteiger partial charge in [-0.3, -0.25) is 14.9 Å². The number of nitrogen functional groups attached to an aromatic ring is 1. The average Bonchev–Trinajstić information content (AvgIpc) is 3.45. The van der Waals surface area contributed by atoms with E-state index in [4.69, 9.17) is 25.2 Å². The number of nitrogens with one attached hydrogen (secondary N) is 1. The van der Waals surface area contributed by atoms with Crippen molar-refractivity contribution in [1.82, 2.24) is 39.7 Å². The van der Waals surface area contributed by atoms with Gasteiger partial charge in [0.15, 0.2) is 5.65 Å². The van der Waals surface area contributed by atoms with Crippen LogP contribution in [-0.2, 0) is 4.74 Å². The summed E-state index contributed by atoms with van der Waals surface area (Å²) in [6.45, 7) is 1.05. The second kappa shape index (κ2) is 11.3. The zero-order chi connectivity index (χ0) is 30.5. The number of aromatic nitrogens is 7. The quantitative estimate of drug-likeness (QED) is 0.230. The van der Waals surface area contributed by atoms with Crippen LogP contribution in [0.25, 0.3) is 28.0 Å². The highest BCUT2D eigenvalue weighted by atomic mass is 16.5. The van der Waals surface area contributed by atoms with E-state index in [-0.39, 0.29) is 23.9 Å². The number of nitrogens with two attached hydrogens (primary N) is 1. The van der Waals surface area contributed by atoms with Crippen molar-refractivity contribution in [2.24, 2.45) is 0 Å². The topological polar surface area (TPSA) is 149 Å². The molecule has 5 aromatic rings. The van der Waals surface area contributed by atoms with E-state index >= 15 is 0 Å². The molecule has 3 aliphatic rings. The number of rotatable bonds is 9. The van der Waals surface area contributed by atoms with E-state index in [1.54, 1.807) is 11.6 Å². The number of amides is 1. The largest absolute Gasteiger partial charge is 0.491 e. The third-order valence-electron chi connectivity index (χ3n) is 9.49. The summed E-state index contributed by atoms with van der Waals surface area (Å²) in [7, 11) is 1.66. The monoisotopic (exact) mass is 605 g/mol. The molecule has 2 bridgehead atoms. The molecule has 45 heavy (non-hydrogen) atoms. The molecule has 2 saturated heterocycles. The Morgan fingerprint density at radius 3 is 2.40 bits per heavy atom. The zero-order valence-electron chi connectivity index (χ0n) is 25.1. The van der Waals surface area contributed by atoms with Gasteiger partial charge >= 0.3 is 0 Å². The number of hydrogen-bond donors (Lipinski definition) is 2. The number of pyridine rings is 1. The van der Waals surface area contributed by atoms with Crippen LogP contribution in [0.5, 0.6) is 5.75 Å². The number of methoxy groups -OCH3 is 1. The van der Waals surface area contributed by atoms with Gasteiger partial charge in [0.05, 0.1) is 24.2 Å². The highest BCUT2D eigenvalue weighted by molar-refractivity contribution is 5.91. The molecule has 3 N–H and O–H groups in total. The van der Waals surface area contributed by atoms with Gasteiger partial charge in [-0.1, -0.05) is 6.07 Å². The predicted molar refractivity (Wildman–Crippen MR) is 167 cm³/mol. The van der Waals surface area contributed by atoms with E-state index in [9.17, 15) is 4.79 Å². The van der Waals surface area contributed by atoms with Crippen molar-refractivity contribution in [1.29, 1.82) is 0 Å². The van der Waals surface area contributed by atoms with Gasteiger partial charge in [-0.05, 0) is 74.8 Å². The van der Waals surface area contributed by atoms with Gasteiger partial charge in [-0.2, -0.15) is 14.7 Å². The molecule has 2 unspecified atom stereocenters. The molecular weight excluding hydrogens is 570 g/mol. The van der Waals surface area contributed by atoms with Crippen LogP contribution >= 0.6 is 0 Å². The molecule has 1 aromatic carbocycles. The Hall–Kier alpha value is -4.84. The van der Waals surface area contributed by atoms with Crippen molar-refractivity contribution in [3.8, 4) is 28.1 Å². The van der Waals surface area contributed by atoms with Crippen molar-refractivity contribution < 1.29 is 14.3 Å². The minimum Gasteiger partial charge on any atom is -0.491 e. The number of benzene rings is 1. The van der Waals surface area contributed by atoms with Crippen LogP contribution in [0.2, 0.25) is 0 Å². The predicted octanol–water partition coefficient (Wildman–Crippen LogP) is 4.61. The average molecular weight is 606 g/mol. The number of fused-ring (bicyclic) bond motifs is 3. The molecule has 2 atom stereocenters. The molecule has 8 rings (SSSR count). The van der Waals surface area contributed by atoms with Gasteiger partial charge in [0.2, 0.25) is 5.82 Å². The fourth-order valence-corrected chi connectivity index (χ4v) is 7.20. The highest BCUT2D eigenvalue weighted by Crippen LogP contribution is 2.50. The van der Waals surface area contributed by atoms with E-state index in [1.165, 1.54) is 6.33 Å². The molecule has 1 aliphatic carbocycles. The Balaban J connectivity index is 1.09. The number of carbonyl (C=O) groups excluding carboxylic acids is 1. The van der Waals surface area contributed by atoms with Crippen LogP contribution in [0.15, 0.2) is 55.1 Å². The lowest BCUT2D eigenvalue weighted by Crippen LogP contribution is -2.46. The fourth-order valence-electron chi connectivity index (χ4n) is 7.20. The van der Waals surface area contributed by atoms with Crippen LogP contribution < -0.4 is 10.5 Å². The van der Waals surface area contributed by atoms with Crippen molar-refractivity contribution in [3.63, 3.8) is 0 Å². The summed E-state index contributed by atoms with van der Waals surface area (Å²) in [5.74, 6) is 2.34. The number of hydrogen-bond acceptors (Lipinski definition) is 9. The summed E-state index contributed by atoms with van der Waals surface area (Å²) in [5.41, 5.74) is 13.5. The smallest absolute Gasteiger partial charge is 0.291 e. The van der Waals surface area contributed by atoms with E-state index < -0.39 is 0 Å². The molecule has 0 spiro atoms. The maximum atomic E-state index is 13.3. The van der Waals surface area contributed by atoms with Gasteiger partial charge in [0.1, 0.15) is 24.5 Å². The molecule has 1 saturated carbocycles. The summed E-state index contributed by atoms with van der Waals surface area (Å²) in [6, 6.07) is 12.3. The number of piperidine rings is 1. The SMILES string of the molecule is COCCOc1ccc(-c2ccc(-c3cnn4c(N)c(C5CC5)c(C5CC6CCC(C5)N6C(=O)c5ncn[nH]5)nc34)cn2)cc1. The Kier molecular flexibility index (Phi) is 6.93. The number of carbonyl (C=O) groups is 1. The summed E-state index contributed by atoms with van der Waals surface area (Å²) < 4.78 is 12.5. The molecule has 12 nitrogen and oxygen atoms in total. The molecule has 6 heterocycles.